The number of rotatable bonds is 2. The SMILES string of the molecule is NC(=S)c1ccc(Cl)c(N2C(=O)COCC2=O)c1. The second-order valence-electron chi connectivity index (χ2n) is 3.65. The molecule has 1 aliphatic heterocycles. The fourth-order valence-corrected chi connectivity index (χ4v) is 1.93. The summed E-state index contributed by atoms with van der Waals surface area (Å²) in [5.41, 5.74) is 6.32. The van der Waals surface area contributed by atoms with Crippen molar-refractivity contribution < 1.29 is 14.3 Å². The number of hydrogen-bond donors (Lipinski definition) is 1. The summed E-state index contributed by atoms with van der Waals surface area (Å²) >= 11 is 10.8. The molecule has 0 spiro atoms. The fraction of sp³-hybridized carbons (Fsp3) is 0.182. The van der Waals surface area contributed by atoms with E-state index in [4.69, 9.17) is 34.3 Å². The van der Waals surface area contributed by atoms with Crippen molar-refractivity contribution in [2.45, 2.75) is 0 Å². The van der Waals surface area contributed by atoms with E-state index >= 15 is 0 Å². The van der Waals surface area contributed by atoms with Gasteiger partial charge in [-0.15, -0.1) is 0 Å². The summed E-state index contributed by atoms with van der Waals surface area (Å²) in [7, 11) is 0. The van der Waals surface area contributed by atoms with Crippen LogP contribution in [0.1, 0.15) is 5.56 Å². The molecule has 94 valence electrons. The first-order chi connectivity index (χ1) is 8.50. The van der Waals surface area contributed by atoms with E-state index in [2.05, 4.69) is 0 Å². The summed E-state index contributed by atoms with van der Waals surface area (Å²) in [6, 6.07) is 4.69. The van der Waals surface area contributed by atoms with E-state index < -0.39 is 11.8 Å². The molecule has 7 heteroatoms. The van der Waals surface area contributed by atoms with Crippen LogP contribution < -0.4 is 10.6 Å². The van der Waals surface area contributed by atoms with E-state index in [-0.39, 0.29) is 28.9 Å². The molecule has 1 fully saturated rings. The molecule has 1 aromatic rings. The highest BCUT2D eigenvalue weighted by atomic mass is 35.5. The van der Waals surface area contributed by atoms with Crippen LogP contribution in [0.25, 0.3) is 0 Å². The number of nitrogens with zero attached hydrogens (tertiary/aromatic N) is 1. The van der Waals surface area contributed by atoms with E-state index in [0.29, 0.717) is 5.56 Å². The molecule has 5 nitrogen and oxygen atoms in total. The minimum Gasteiger partial charge on any atom is -0.389 e. The van der Waals surface area contributed by atoms with Crippen molar-refractivity contribution in [3.05, 3.63) is 28.8 Å². The van der Waals surface area contributed by atoms with Gasteiger partial charge in [-0.25, -0.2) is 4.90 Å². The van der Waals surface area contributed by atoms with Gasteiger partial charge < -0.3 is 10.5 Å². The van der Waals surface area contributed by atoms with Crippen molar-refractivity contribution in [1.29, 1.82) is 0 Å². The number of nitrogens with two attached hydrogens (primary N) is 1. The van der Waals surface area contributed by atoms with Gasteiger partial charge in [0.1, 0.15) is 18.2 Å². The number of carbonyl (C=O) groups excluding carboxylic acids is 2. The van der Waals surface area contributed by atoms with Crippen molar-refractivity contribution in [3.8, 4) is 0 Å². The average Bonchev–Trinajstić information content (AvgIpc) is 2.30. The summed E-state index contributed by atoms with van der Waals surface area (Å²) in [5, 5.41) is 0.276. The molecule has 1 saturated heterocycles. The van der Waals surface area contributed by atoms with E-state index in [1.165, 1.54) is 6.07 Å². The maximum atomic E-state index is 11.7. The second-order valence-corrected chi connectivity index (χ2v) is 4.49. The average molecular weight is 285 g/mol. The molecule has 2 amide bonds. The molecule has 0 aromatic heterocycles. The van der Waals surface area contributed by atoms with Crippen LogP contribution in [0, 0.1) is 0 Å². The van der Waals surface area contributed by atoms with Crippen LogP contribution in [-0.2, 0) is 14.3 Å². The highest BCUT2D eigenvalue weighted by Gasteiger charge is 2.29. The third-order valence-electron chi connectivity index (χ3n) is 2.42. The fourth-order valence-electron chi connectivity index (χ4n) is 1.60. The Bertz CT molecular complexity index is 531. The molecular formula is C11H9ClN2O3S. The molecule has 0 saturated carbocycles. The smallest absolute Gasteiger partial charge is 0.259 e. The monoisotopic (exact) mass is 284 g/mol. The Hall–Kier alpha value is -1.50. The molecule has 1 heterocycles. The number of carbonyl (C=O) groups is 2. The van der Waals surface area contributed by atoms with Gasteiger partial charge in [0.05, 0.1) is 10.7 Å². The van der Waals surface area contributed by atoms with Crippen LogP contribution in [0.2, 0.25) is 5.02 Å². The summed E-state index contributed by atoms with van der Waals surface area (Å²) in [6.07, 6.45) is 0. The topological polar surface area (TPSA) is 72.6 Å². The van der Waals surface area contributed by atoms with Gasteiger partial charge in [0.15, 0.2) is 0 Å². The van der Waals surface area contributed by atoms with Gasteiger partial charge >= 0.3 is 0 Å². The van der Waals surface area contributed by atoms with Crippen LogP contribution in [0.4, 0.5) is 5.69 Å². The third kappa shape index (κ3) is 2.35. The maximum Gasteiger partial charge on any atom is 0.259 e. The number of morpholine rings is 1. The Labute approximate surface area is 113 Å². The minimum absolute atomic E-state index is 0.153. The lowest BCUT2D eigenvalue weighted by atomic mass is 10.1. The third-order valence-corrected chi connectivity index (χ3v) is 2.98. The van der Waals surface area contributed by atoms with Crippen LogP contribution in [-0.4, -0.2) is 30.0 Å². The van der Waals surface area contributed by atoms with Gasteiger partial charge in [-0.1, -0.05) is 29.9 Å². The van der Waals surface area contributed by atoms with Crippen molar-refractivity contribution in [3.63, 3.8) is 0 Å². The summed E-state index contributed by atoms with van der Waals surface area (Å²) in [6.45, 7) is -0.307. The predicted octanol–water partition coefficient (Wildman–Crippen LogP) is 0.864. The predicted molar refractivity (Wildman–Crippen MR) is 70.7 cm³/mol. The first-order valence-corrected chi connectivity index (χ1v) is 5.82. The number of benzene rings is 1. The molecule has 2 N–H and O–H groups in total. The van der Waals surface area contributed by atoms with Gasteiger partial charge in [-0.3, -0.25) is 9.59 Å². The molecule has 0 radical (unpaired) electrons. The van der Waals surface area contributed by atoms with Gasteiger partial charge in [0.2, 0.25) is 0 Å². The lowest BCUT2D eigenvalue weighted by Gasteiger charge is -2.26. The Morgan fingerprint density at radius 1 is 1.33 bits per heavy atom. The molecule has 0 atom stereocenters. The molecule has 2 rings (SSSR count). The first-order valence-electron chi connectivity index (χ1n) is 5.03. The Morgan fingerprint density at radius 2 is 1.94 bits per heavy atom. The van der Waals surface area contributed by atoms with Crippen molar-refractivity contribution in [2.75, 3.05) is 18.1 Å². The Kier molecular flexibility index (Phi) is 3.60. The standard InChI is InChI=1S/C11H9ClN2O3S/c12-7-2-1-6(11(13)18)3-8(7)14-9(15)4-17-5-10(14)16/h1-3H,4-5H2,(H2,13,18). The summed E-state index contributed by atoms with van der Waals surface area (Å²) in [4.78, 5) is 24.6. The zero-order valence-electron chi connectivity index (χ0n) is 9.18. The number of halogens is 1. The molecule has 0 bridgehead atoms. The van der Waals surface area contributed by atoms with E-state index in [1.807, 2.05) is 0 Å². The quantitative estimate of drug-likeness (QED) is 0.644. The molecular weight excluding hydrogens is 276 g/mol. The van der Waals surface area contributed by atoms with Crippen molar-refractivity contribution in [1.82, 2.24) is 0 Å². The molecule has 1 aromatic carbocycles. The van der Waals surface area contributed by atoms with Crippen LogP contribution >= 0.6 is 23.8 Å². The Morgan fingerprint density at radius 3 is 2.50 bits per heavy atom. The highest BCUT2D eigenvalue weighted by molar-refractivity contribution is 7.80. The number of anilines is 1. The van der Waals surface area contributed by atoms with Gasteiger partial charge in [0, 0.05) is 5.56 Å². The van der Waals surface area contributed by atoms with Gasteiger partial charge in [-0.05, 0) is 12.1 Å². The molecule has 18 heavy (non-hydrogen) atoms. The zero-order valence-corrected chi connectivity index (χ0v) is 10.8. The van der Waals surface area contributed by atoms with E-state index in [0.717, 1.165) is 4.90 Å². The molecule has 1 aliphatic rings. The number of amides is 2. The van der Waals surface area contributed by atoms with Crippen molar-refractivity contribution in [2.24, 2.45) is 5.73 Å². The van der Waals surface area contributed by atoms with E-state index in [1.54, 1.807) is 12.1 Å². The second kappa shape index (κ2) is 5.01. The minimum atomic E-state index is -0.465. The lowest BCUT2D eigenvalue weighted by Crippen LogP contribution is -2.46. The van der Waals surface area contributed by atoms with Gasteiger partial charge in [-0.2, -0.15) is 0 Å². The number of imide groups is 1. The highest BCUT2D eigenvalue weighted by Crippen LogP contribution is 2.28. The maximum absolute atomic E-state index is 11.7. The summed E-state index contributed by atoms with van der Waals surface area (Å²) < 4.78 is 4.83. The van der Waals surface area contributed by atoms with Gasteiger partial charge in [0.25, 0.3) is 11.8 Å². The van der Waals surface area contributed by atoms with Crippen LogP contribution in [0.15, 0.2) is 18.2 Å². The number of hydrogen-bond acceptors (Lipinski definition) is 4. The zero-order chi connectivity index (χ0) is 13.3. The molecule has 0 unspecified atom stereocenters. The lowest BCUT2D eigenvalue weighted by molar-refractivity contribution is -0.138. The summed E-state index contributed by atoms with van der Waals surface area (Å²) in [5.74, 6) is -0.929. The van der Waals surface area contributed by atoms with Crippen LogP contribution in [0.3, 0.4) is 0 Å². The Balaban J connectivity index is 2.48. The number of thiocarbonyl (C=S) groups is 1. The number of ether oxygens (including phenoxy) is 1. The van der Waals surface area contributed by atoms with E-state index in [9.17, 15) is 9.59 Å². The van der Waals surface area contributed by atoms with Crippen LogP contribution in [0.5, 0.6) is 0 Å². The first kappa shape index (κ1) is 12.9. The molecule has 0 aliphatic carbocycles. The van der Waals surface area contributed by atoms with Crippen molar-refractivity contribution >= 4 is 46.3 Å². The normalized spacial score (nSPS) is 15.9. The largest absolute Gasteiger partial charge is 0.389 e.